The first kappa shape index (κ1) is 21.9. The summed E-state index contributed by atoms with van der Waals surface area (Å²) in [6.45, 7) is 6.05. The molecule has 0 N–H and O–H groups in total. The average Bonchev–Trinajstić information content (AvgIpc) is 2.90. The average molecular weight is 409 g/mol. The van der Waals surface area contributed by atoms with Gasteiger partial charge in [-0.2, -0.15) is 5.26 Å². The highest BCUT2D eigenvalue weighted by atomic mass is 32.2. The van der Waals surface area contributed by atoms with Gasteiger partial charge in [0.25, 0.3) is 0 Å². The summed E-state index contributed by atoms with van der Waals surface area (Å²) < 4.78 is -0.178. The third-order valence-corrected chi connectivity index (χ3v) is 7.25. The normalized spacial score (nSPS) is 18.4. The third kappa shape index (κ3) is 4.69. The maximum absolute atomic E-state index is 13.7. The highest BCUT2D eigenvalue weighted by Gasteiger charge is 2.41. The number of benzene rings is 2. The second kappa shape index (κ2) is 9.80. The van der Waals surface area contributed by atoms with Crippen LogP contribution >= 0.6 is 11.8 Å². The van der Waals surface area contributed by atoms with Gasteiger partial charge in [-0.05, 0) is 35.6 Å². The van der Waals surface area contributed by atoms with Crippen LogP contribution in [0.25, 0.3) is 0 Å². The van der Waals surface area contributed by atoms with Crippen LogP contribution in [0.3, 0.4) is 0 Å². The molecule has 0 aliphatic carbocycles. The van der Waals surface area contributed by atoms with Crippen LogP contribution in [0.1, 0.15) is 62.6 Å². The molecule has 1 atom stereocenters. The molecule has 4 heteroatoms. The molecule has 0 saturated heterocycles. The van der Waals surface area contributed by atoms with Crippen molar-refractivity contribution in [1.29, 1.82) is 5.26 Å². The number of hydrogen-bond donors (Lipinski definition) is 0. The second-order valence-corrected chi connectivity index (χ2v) is 9.16. The Kier molecular flexibility index (Phi) is 7.40. The van der Waals surface area contributed by atoms with E-state index in [1.54, 1.807) is 11.8 Å². The van der Waals surface area contributed by atoms with Crippen LogP contribution in [0.15, 0.2) is 53.4 Å². The lowest BCUT2D eigenvalue weighted by Crippen LogP contribution is -2.47. The molecule has 1 heterocycles. The number of unbranched alkanes of at least 4 members (excludes halogenated alkanes) is 2. The smallest absolute Gasteiger partial charge is 0.114 e. The van der Waals surface area contributed by atoms with Crippen LogP contribution in [-0.4, -0.2) is 24.3 Å². The summed E-state index contributed by atoms with van der Waals surface area (Å²) in [7, 11) is 0. The SMILES string of the molecule is CCCC[N+]([O-])(CCCC)CCC1(C#N)c2ccccc2CSc2ccccc21. The fourth-order valence-electron chi connectivity index (χ4n) is 4.35. The van der Waals surface area contributed by atoms with Gasteiger partial charge in [-0.25, -0.2) is 0 Å². The zero-order valence-electron chi connectivity index (χ0n) is 17.7. The topological polar surface area (TPSA) is 46.8 Å². The highest BCUT2D eigenvalue weighted by molar-refractivity contribution is 7.98. The number of fused-ring (bicyclic) bond motifs is 2. The first-order valence-electron chi connectivity index (χ1n) is 10.9. The molecule has 1 unspecified atom stereocenters. The summed E-state index contributed by atoms with van der Waals surface area (Å²) in [5.41, 5.74) is 2.59. The summed E-state index contributed by atoms with van der Waals surface area (Å²) in [6.07, 6.45) is 4.50. The number of nitrogens with zero attached hydrogens (tertiary/aromatic N) is 2. The van der Waals surface area contributed by atoms with E-state index in [-0.39, 0.29) is 4.65 Å². The van der Waals surface area contributed by atoms with Gasteiger partial charge in [0.05, 0.1) is 25.7 Å². The van der Waals surface area contributed by atoms with Crippen LogP contribution in [0.4, 0.5) is 0 Å². The lowest BCUT2D eigenvalue weighted by atomic mass is 9.71. The van der Waals surface area contributed by atoms with Crippen molar-refractivity contribution in [3.05, 3.63) is 70.4 Å². The molecular formula is C25H32N2OS. The van der Waals surface area contributed by atoms with Crippen LogP contribution in [0.5, 0.6) is 0 Å². The summed E-state index contributed by atoms with van der Waals surface area (Å²) in [6, 6.07) is 19.3. The van der Waals surface area contributed by atoms with Gasteiger partial charge in [0.2, 0.25) is 0 Å². The quantitative estimate of drug-likeness (QED) is 0.356. The fraction of sp³-hybridized carbons (Fsp3) is 0.480. The molecule has 0 aromatic heterocycles. The van der Waals surface area contributed by atoms with Crippen LogP contribution in [0, 0.1) is 16.5 Å². The van der Waals surface area contributed by atoms with Gasteiger partial charge in [0.15, 0.2) is 0 Å². The van der Waals surface area contributed by atoms with Crippen molar-refractivity contribution >= 4 is 11.8 Å². The number of hydroxylamine groups is 3. The monoisotopic (exact) mass is 408 g/mol. The molecule has 2 aromatic rings. The first-order chi connectivity index (χ1) is 14.1. The molecule has 3 rings (SSSR count). The van der Waals surface area contributed by atoms with E-state index in [1.807, 2.05) is 24.3 Å². The Morgan fingerprint density at radius 3 is 2.24 bits per heavy atom. The summed E-state index contributed by atoms with van der Waals surface area (Å²) in [4.78, 5) is 1.16. The zero-order chi connectivity index (χ0) is 20.7. The molecule has 3 nitrogen and oxygen atoms in total. The predicted molar refractivity (Wildman–Crippen MR) is 121 cm³/mol. The Bertz CT molecular complexity index is 802. The molecule has 1 aliphatic heterocycles. The molecule has 0 bridgehead atoms. The highest BCUT2D eigenvalue weighted by Crippen LogP contribution is 2.46. The predicted octanol–water partition coefficient (Wildman–Crippen LogP) is 6.41. The lowest BCUT2D eigenvalue weighted by Gasteiger charge is -2.45. The van der Waals surface area contributed by atoms with E-state index in [2.05, 4.69) is 44.2 Å². The summed E-state index contributed by atoms with van der Waals surface area (Å²) in [5.74, 6) is 0.861. The molecule has 154 valence electrons. The standard InChI is InChI=1S/C25H32N2OS/c1-3-5-16-27(28,17-6-4-2)18-15-25(20-26)22-12-8-7-11-21(22)19-29-24-14-10-9-13-23(24)25/h7-14H,3-6,15-19H2,1-2H3. The van der Waals surface area contributed by atoms with Crippen molar-refractivity contribution < 1.29 is 4.65 Å². The van der Waals surface area contributed by atoms with Gasteiger partial charge >= 0.3 is 0 Å². The number of hydrogen-bond acceptors (Lipinski definition) is 3. The maximum Gasteiger partial charge on any atom is 0.114 e. The molecule has 1 aliphatic rings. The van der Waals surface area contributed by atoms with Gasteiger partial charge in [0, 0.05) is 17.1 Å². The van der Waals surface area contributed by atoms with Crippen molar-refractivity contribution in [1.82, 2.24) is 0 Å². The molecule has 0 radical (unpaired) electrons. The van der Waals surface area contributed by atoms with E-state index in [0.29, 0.717) is 26.1 Å². The maximum atomic E-state index is 13.7. The second-order valence-electron chi connectivity index (χ2n) is 8.15. The lowest BCUT2D eigenvalue weighted by molar-refractivity contribution is -0.881. The van der Waals surface area contributed by atoms with Crippen LogP contribution < -0.4 is 0 Å². The number of nitriles is 1. The summed E-state index contributed by atoms with van der Waals surface area (Å²) in [5, 5.41) is 24.2. The molecule has 2 aromatic carbocycles. The van der Waals surface area contributed by atoms with Crippen LogP contribution in [-0.2, 0) is 11.2 Å². The zero-order valence-corrected chi connectivity index (χ0v) is 18.5. The van der Waals surface area contributed by atoms with Crippen molar-refractivity contribution in [2.45, 2.75) is 62.0 Å². The van der Waals surface area contributed by atoms with Crippen molar-refractivity contribution in [3.63, 3.8) is 0 Å². The largest absolute Gasteiger partial charge is 0.633 e. The molecule has 0 amide bonds. The Balaban J connectivity index is 2.02. The number of quaternary nitrogens is 1. The Labute approximate surface area is 179 Å². The summed E-state index contributed by atoms with van der Waals surface area (Å²) >= 11 is 1.80. The fourth-order valence-corrected chi connectivity index (χ4v) is 5.49. The molecule has 0 spiro atoms. The van der Waals surface area contributed by atoms with Gasteiger partial charge in [-0.15, -0.1) is 11.8 Å². The molecule has 0 saturated carbocycles. The van der Waals surface area contributed by atoms with Crippen molar-refractivity contribution in [2.75, 3.05) is 19.6 Å². The van der Waals surface area contributed by atoms with Crippen LogP contribution in [0.2, 0.25) is 0 Å². The Morgan fingerprint density at radius 2 is 1.59 bits per heavy atom. The Hall–Kier alpha value is -1.80. The number of rotatable bonds is 9. The van der Waals surface area contributed by atoms with E-state index >= 15 is 0 Å². The van der Waals surface area contributed by atoms with E-state index in [4.69, 9.17) is 0 Å². The molecular weight excluding hydrogens is 376 g/mol. The van der Waals surface area contributed by atoms with Gasteiger partial charge < -0.3 is 9.85 Å². The minimum atomic E-state index is -0.761. The Morgan fingerprint density at radius 1 is 0.966 bits per heavy atom. The number of thioether (sulfide) groups is 1. The van der Waals surface area contributed by atoms with E-state index < -0.39 is 5.41 Å². The van der Waals surface area contributed by atoms with Gasteiger partial charge in [-0.1, -0.05) is 69.2 Å². The van der Waals surface area contributed by atoms with Gasteiger partial charge in [-0.3, -0.25) is 0 Å². The molecule has 0 fully saturated rings. The molecule has 29 heavy (non-hydrogen) atoms. The van der Waals surface area contributed by atoms with E-state index in [1.165, 1.54) is 5.56 Å². The third-order valence-electron chi connectivity index (χ3n) is 6.13. The van der Waals surface area contributed by atoms with E-state index in [0.717, 1.165) is 47.5 Å². The van der Waals surface area contributed by atoms with Gasteiger partial charge in [0.1, 0.15) is 5.41 Å². The van der Waals surface area contributed by atoms with Crippen molar-refractivity contribution in [3.8, 4) is 6.07 Å². The minimum Gasteiger partial charge on any atom is -0.633 e. The van der Waals surface area contributed by atoms with Crippen molar-refractivity contribution in [2.24, 2.45) is 0 Å². The first-order valence-corrected chi connectivity index (χ1v) is 11.9. The van der Waals surface area contributed by atoms with E-state index in [9.17, 15) is 10.5 Å². The minimum absolute atomic E-state index is 0.178.